The molecule has 0 aliphatic carbocycles. The molecule has 0 aliphatic heterocycles. The number of para-hydroxylation sites is 2. The number of furan rings is 1. The summed E-state index contributed by atoms with van der Waals surface area (Å²) in [6.07, 6.45) is 1.57. The van der Waals surface area contributed by atoms with Gasteiger partial charge in [-0.05, 0) is 54.7 Å². The van der Waals surface area contributed by atoms with Crippen LogP contribution >= 0.6 is 23.8 Å². The van der Waals surface area contributed by atoms with Gasteiger partial charge in [-0.1, -0.05) is 23.7 Å². The van der Waals surface area contributed by atoms with Crippen LogP contribution in [0, 0.1) is 0 Å². The molecule has 0 spiro atoms. The van der Waals surface area contributed by atoms with E-state index >= 15 is 0 Å². The van der Waals surface area contributed by atoms with Gasteiger partial charge in [-0.2, -0.15) is 0 Å². The first-order chi connectivity index (χ1) is 13.9. The van der Waals surface area contributed by atoms with Crippen molar-refractivity contribution in [1.29, 1.82) is 0 Å². The lowest BCUT2D eigenvalue weighted by Crippen LogP contribution is -2.27. The maximum atomic E-state index is 12.9. The normalized spacial score (nSPS) is 11.0. The van der Waals surface area contributed by atoms with Crippen molar-refractivity contribution in [1.82, 2.24) is 5.32 Å². The molecule has 0 amide bonds. The summed E-state index contributed by atoms with van der Waals surface area (Å²) in [5.74, 6) is 1.11. The van der Waals surface area contributed by atoms with E-state index in [4.69, 9.17) is 33.0 Å². The van der Waals surface area contributed by atoms with Gasteiger partial charge in [0.2, 0.25) is 0 Å². The van der Waals surface area contributed by atoms with Crippen molar-refractivity contribution in [3.8, 4) is 5.75 Å². The molecule has 3 N–H and O–H groups in total. The van der Waals surface area contributed by atoms with Gasteiger partial charge in [-0.15, -0.1) is 0 Å². The predicted octanol–water partition coefficient (Wildman–Crippen LogP) is 4.23. The molecule has 152 valence electrons. The molecule has 0 bridgehead atoms. The van der Waals surface area contributed by atoms with Crippen LogP contribution < -0.4 is 20.1 Å². The van der Waals surface area contributed by atoms with Gasteiger partial charge in [0.25, 0.3) is 10.0 Å². The zero-order chi connectivity index (χ0) is 20.9. The molecule has 1 aromatic heterocycles. The number of nitrogens with one attached hydrogen (secondary N) is 3. The third-order valence-electron chi connectivity index (χ3n) is 3.83. The quantitative estimate of drug-likeness (QED) is 0.463. The second kappa shape index (κ2) is 9.17. The maximum Gasteiger partial charge on any atom is 0.263 e. The molecule has 2 aromatic carbocycles. The minimum absolute atomic E-state index is 0.0763. The fourth-order valence-corrected chi connectivity index (χ4v) is 4.26. The third-order valence-corrected chi connectivity index (χ3v) is 5.93. The lowest BCUT2D eigenvalue weighted by atomic mass is 10.3. The van der Waals surface area contributed by atoms with Gasteiger partial charge in [0.05, 0.1) is 30.6 Å². The molecule has 3 aromatic rings. The highest BCUT2D eigenvalue weighted by Gasteiger charge is 2.20. The Morgan fingerprint density at radius 1 is 1.17 bits per heavy atom. The molecular weight excluding hydrogens is 434 g/mol. The first-order valence-corrected chi connectivity index (χ1v) is 10.7. The predicted molar refractivity (Wildman–Crippen MR) is 117 cm³/mol. The van der Waals surface area contributed by atoms with Crippen molar-refractivity contribution in [3.63, 3.8) is 0 Å². The van der Waals surface area contributed by atoms with Gasteiger partial charge in [-0.3, -0.25) is 4.72 Å². The van der Waals surface area contributed by atoms with Crippen molar-refractivity contribution in [2.24, 2.45) is 0 Å². The number of methoxy groups -OCH3 is 1. The summed E-state index contributed by atoms with van der Waals surface area (Å²) in [4.78, 5) is -0.0936. The Kier molecular flexibility index (Phi) is 6.63. The average molecular weight is 452 g/mol. The molecule has 0 unspecified atom stereocenters. The highest BCUT2D eigenvalue weighted by atomic mass is 35.5. The molecule has 7 nitrogen and oxygen atoms in total. The molecule has 0 saturated heterocycles. The van der Waals surface area contributed by atoms with Crippen LogP contribution in [-0.4, -0.2) is 20.6 Å². The van der Waals surface area contributed by atoms with Gasteiger partial charge in [-0.25, -0.2) is 8.42 Å². The summed E-state index contributed by atoms with van der Waals surface area (Å²) < 4.78 is 38.6. The van der Waals surface area contributed by atoms with E-state index in [1.165, 1.54) is 19.2 Å². The number of hydrogen-bond donors (Lipinski definition) is 3. The summed E-state index contributed by atoms with van der Waals surface area (Å²) in [5.41, 5.74) is 0.770. The number of anilines is 2. The van der Waals surface area contributed by atoms with Crippen LogP contribution in [0.3, 0.4) is 0 Å². The fraction of sp³-hybridized carbons (Fsp3) is 0.105. The average Bonchev–Trinajstić information content (AvgIpc) is 3.21. The van der Waals surface area contributed by atoms with Crippen molar-refractivity contribution >= 4 is 50.3 Å². The van der Waals surface area contributed by atoms with E-state index in [0.29, 0.717) is 28.8 Å². The Balaban J connectivity index is 1.76. The summed E-state index contributed by atoms with van der Waals surface area (Å²) in [5, 5.41) is 6.29. The Morgan fingerprint density at radius 2 is 1.97 bits per heavy atom. The smallest absolute Gasteiger partial charge is 0.263 e. The van der Waals surface area contributed by atoms with Gasteiger partial charge < -0.3 is 19.8 Å². The lowest BCUT2D eigenvalue weighted by Gasteiger charge is -2.14. The van der Waals surface area contributed by atoms with Crippen molar-refractivity contribution in [2.45, 2.75) is 11.4 Å². The third kappa shape index (κ3) is 5.41. The second-order valence-corrected chi connectivity index (χ2v) is 8.30. The summed E-state index contributed by atoms with van der Waals surface area (Å²) in [7, 11) is -2.50. The molecule has 1 heterocycles. The first kappa shape index (κ1) is 21.0. The standard InChI is InChI=1S/C19H18ClN3O4S2/c1-26-17-7-3-2-6-16(17)23-29(24,25)18-11-13(8-9-15(18)20)22-19(28)21-12-14-5-4-10-27-14/h2-11,23H,12H2,1H3,(H2,21,22,28). The van der Waals surface area contributed by atoms with Crippen LogP contribution in [0.2, 0.25) is 5.02 Å². The van der Waals surface area contributed by atoms with E-state index in [9.17, 15) is 8.42 Å². The first-order valence-electron chi connectivity index (χ1n) is 8.41. The SMILES string of the molecule is COc1ccccc1NS(=O)(=O)c1cc(NC(=S)NCc2ccco2)ccc1Cl. The zero-order valence-corrected chi connectivity index (χ0v) is 17.7. The van der Waals surface area contributed by atoms with E-state index in [-0.39, 0.29) is 9.92 Å². The summed E-state index contributed by atoms with van der Waals surface area (Å²) >= 11 is 11.4. The van der Waals surface area contributed by atoms with E-state index in [0.717, 1.165) is 5.76 Å². The van der Waals surface area contributed by atoms with E-state index in [2.05, 4.69) is 15.4 Å². The topological polar surface area (TPSA) is 92.6 Å². The number of hydrogen-bond acceptors (Lipinski definition) is 5. The largest absolute Gasteiger partial charge is 0.495 e. The van der Waals surface area contributed by atoms with Gasteiger partial charge in [0, 0.05) is 5.69 Å². The molecule has 0 saturated carbocycles. The van der Waals surface area contributed by atoms with E-state index in [1.807, 2.05) is 6.07 Å². The molecule has 3 rings (SSSR count). The Hall–Kier alpha value is -2.75. The molecule has 10 heteroatoms. The minimum Gasteiger partial charge on any atom is -0.495 e. The van der Waals surface area contributed by atoms with Crippen LogP contribution in [0.5, 0.6) is 5.75 Å². The Labute approximate surface area is 179 Å². The monoisotopic (exact) mass is 451 g/mol. The van der Waals surface area contributed by atoms with Crippen molar-refractivity contribution in [3.05, 3.63) is 71.6 Å². The number of sulfonamides is 1. The maximum absolute atomic E-state index is 12.9. The molecule has 0 atom stereocenters. The molecular formula is C19H18ClN3O4S2. The highest BCUT2D eigenvalue weighted by Crippen LogP contribution is 2.30. The number of ether oxygens (including phenoxy) is 1. The van der Waals surface area contributed by atoms with Gasteiger partial charge >= 0.3 is 0 Å². The van der Waals surface area contributed by atoms with Crippen LogP contribution in [0.25, 0.3) is 0 Å². The molecule has 0 radical (unpaired) electrons. The lowest BCUT2D eigenvalue weighted by molar-refractivity contribution is 0.417. The fourth-order valence-electron chi connectivity index (χ4n) is 2.47. The minimum atomic E-state index is -3.96. The van der Waals surface area contributed by atoms with Crippen molar-refractivity contribution < 1.29 is 17.6 Å². The molecule has 0 fully saturated rings. The number of halogens is 1. The number of thiocarbonyl (C=S) groups is 1. The Bertz CT molecular complexity index is 1100. The van der Waals surface area contributed by atoms with Crippen LogP contribution in [0.4, 0.5) is 11.4 Å². The van der Waals surface area contributed by atoms with E-state index < -0.39 is 10.0 Å². The summed E-state index contributed by atoms with van der Waals surface area (Å²) in [6.45, 7) is 0.396. The molecule has 0 aliphatic rings. The van der Waals surface area contributed by atoms with Gasteiger partial charge in [0.15, 0.2) is 5.11 Å². The highest BCUT2D eigenvalue weighted by molar-refractivity contribution is 7.92. The summed E-state index contributed by atoms with van der Waals surface area (Å²) in [6, 6.07) is 14.8. The van der Waals surface area contributed by atoms with Crippen molar-refractivity contribution in [2.75, 3.05) is 17.1 Å². The number of benzene rings is 2. The van der Waals surface area contributed by atoms with Crippen LogP contribution in [0.15, 0.2) is 70.2 Å². The van der Waals surface area contributed by atoms with Crippen LogP contribution in [0.1, 0.15) is 5.76 Å². The molecule has 29 heavy (non-hydrogen) atoms. The van der Waals surface area contributed by atoms with E-state index in [1.54, 1.807) is 42.7 Å². The van der Waals surface area contributed by atoms with Crippen LogP contribution in [-0.2, 0) is 16.6 Å². The second-order valence-electron chi connectivity index (χ2n) is 5.84. The Morgan fingerprint density at radius 3 is 2.69 bits per heavy atom. The zero-order valence-electron chi connectivity index (χ0n) is 15.3. The number of rotatable bonds is 7. The van der Waals surface area contributed by atoms with Gasteiger partial charge in [0.1, 0.15) is 16.4 Å².